The minimum absolute atomic E-state index is 0.000790. The van der Waals surface area contributed by atoms with Gasteiger partial charge in [0, 0.05) is 25.6 Å². The first-order valence-corrected chi connectivity index (χ1v) is 11.4. The van der Waals surface area contributed by atoms with Crippen molar-refractivity contribution in [2.75, 3.05) is 33.4 Å². The van der Waals surface area contributed by atoms with Crippen LogP contribution in [0, 0.1) is 5.92 Å². The second-order valence-electron chi connectivity index (χ2n) is 8.46. The Kier molecular flexibility index (Phi) is 10.6. The SMILES string of the molecule is COC(=O)c1ccc(CNC(=O)C(C)N2CCC(C(=O)NCCCOC(C)C)CC2)cc1. The monoisotopic (exact) mass is 447 g/mol. The average Bonchev–Trinajstić information content (AvgIpc) is 2.81. The molecule has 2 N–H and O–H groups in total. The lowest BCUT2D eigenvalue weighted by Crippen LogP contribution is -2.49. The van der Waals surface area contributed by atoms with Crippen molar-refractivity contribution in [3.63, 3.8) is 0 Å². The first kappa shape index (κ1) is 25.8. The molecule has 0 radical (unpaired) electrons. The summed E-state index contributed by atoms with van der Waals surface area (Å²) in [6, 6.07) is 6.71. The summed E-state index contributed by atoms with van der Waals surface area (Å²) >= 11 is 0. The van der Waals surface area contributed by atoms with E-state index in [-0.39, 0.29) is 35.8 Å². The smallest absolute Gasteiger partial charge is 0.337 e. The molecule has 0 bridgehead atoms. The third-order valence-corrected chi connectivity index (χ3v) is 5.74. The van der Waals surface area contributed by atoms with Crippen LogP contribution in [0.2, 0.25) is 0 Å². The molecule has 8 nitrogen and oxygen atoms in total. The van der Waals surface area contributed by atoms with E-state index < -0.39 is 0 Å². The van der Waals surface area contributed by atoms with Crippen LogP contribution in [0.5, 0.6) is 0 Å². The Hall–Kier alpha value is -2.45. The van der Waals surface area contributed by atoms with Gasteiger partial charge >= 0.3 is 5.97 Å². The molecule has 0 aliphatic carbocycles. The van der Waals surface area contributed by atoms with Gasteiger partial charge < -0.3 is 20.1 Å². The lowest BCUT2D eigenvalue weighted by Gasteiger charge is -2.34. The Morgan fingerprint density at radius 2 is 1.72 bits per heavy atom. The maximum absolute atomic E-state index is 12.6. The highest BCUT2D eigenvalue weighted by Crippen LogP contribution is 2.19. The third kappa shape index (κ3) is 8.24. The van der Waals surface area contributed by atoms with Crippen LogP contribution in [0.3, 0.4) is 0 Å². The highest BCUT2D eigenvalue weighted by atomic mass is 16.5. The van der Waals surface area contributed by atoms with Crippen LogP contribution in [0.25, 0.3) is 0 Å². The number of nitrogens with one attached hydrogen (secondary N) is 2. The number of rotatable bonds is 11. The van der Waals surface area contributed by atoms with Crippen LogP contribution in [-0.4, -0.2) is 68.2 Å². The van der Waals surface area contributed by atoms with E-state index in [2.05, 4.69) is 20.3 Å². The number of piperidine rings is 1. The largest absolute Gasteiger partial charge is 0.465 e. The van der Waals surface area contributed by atoms with Crippen LogP contribution >= 0.6 is 0 Å². The Labute approximate surface area is 191 Å². The van der Waals surface area contributed by atoms with Crippen LogP contribution in [-0.2, 0) is 25.6 Å². The minimum atomic E-state index is -0.383. The number of ether oxygens (including phenoxy) is 2. The molecule has 0 spiro atoms. The number of nitrogens with zero attached hydrogens (tertiary/aromatic N) is 1. The molecule has 1 saturated heterocycles. The summed E-state index contributed by atoms with van der Waals surface area (Å²) in [6.07, 6.45) is 2.52. The number of hydrogen-bond acceptors (Lipinski definition) is 6. The van der Waals surface area contributed by atoms with Crippen molar-refractivity contribution in [2.24, 2.45) is 5.92 Å². The van der Waals surface area contributed by atoms with Crippen LogP contribution in [0.4, 0.5) is 0 Å². The molecular formula is C24H37N3O5. The van der Waals surface area contributed by atoms with Crippen molar-refractivity contribution < 1.29 is 23.9 Å². The van der Waals surface area contributed by atoms with Crippen molar-refractivity contribution >= 4 is 17.8 Å². The molecule has 1 aromatic carbocycles. The molecule has 0 aromatic heterocycles. The molecule has 1 fully saturated rings. The van der Waals surface area contributed by atoms with Crippen LogP contribution in [0.1, 0.15) is 56.0 Å². The predicted octanol–water partition coefficient (Wildman–Crippen LogP) is 2.12. The van der Waals surface area contributed by atoms with E-state index >= 15 is 0 Å². The van der Waals surface area contributed by atoms with E-state index in [0.29, 0.717) is 25.3 Å². The van der Waals surface area contributed by atoms with Crippen LogP contribution < -0.4 is 10.6 Å². The van der Waals surface area contributed by atoms with Gasteiger partial charge in [-0.25, -0.2) is 4.79 Å². The molecular weight excluding hydrogens is 410 g/mol. The second-order valence-corrected chi connectivity index (χ2v) is 8.46. The first-order valence-electron chi connectivity index (χ1n) is 11.4. The number of carbonyl (C=O) groups excluding carboxylic acids is 3. The summed E-state index contributed by atoms with van der Waals surface area (Å²) in [4.78, 5) is 38.6. The second kappa shape index (κ2) is 13.2. The number of esters is 1. The zero-order valence-corrected chi connectivity index (χ0v) is 19.7. The fourth-order valence-corrected chi connectivity index (χ4v) is 3.68. The Morgan fingerprint density at radius 3 is 2.31 bits per heavy atom. The van der Waals surface area contributed by atoms with Gasteiger partial charge in [0.15, 0.2) is 0 Å². The van der Waals surface area contributed by atoms with Gasteiger partial charge in [0.2, 0.25) is 11.8 Å². The number of methoxy groups -OCH3 is 1. The third-order valence-electron chi connectivity index (χ3n) is 5.74. The summed E-state index contributed by atoms with van der Waals surface area (Å²) in [5.41, 5.74) is 1.39. The molecule has 1 atom stereocenters. The molecule has 1 aliphatic heterocycles. The number of carbonyl (C=O) groups is 3. The number of likely N-dealkylation sites (tertiary alicyclic amines) is 1. The molecule has 2 rings (SSSR count). The summed E-state index contributed by atoms with van der Waals surface area (Å²) < 4.78 is 10.2. The van der Waals surface area contributed by atoms with Gasteiger partial charge in [0.05, 0.1) is 24.8 Å². The normalized spacial score (nSPS) is 15.9. The lowest BCUT2D eigenvalue weighted by molar-refractivity contribution is -0.128. The lowest BCUT2D eigenvalue weighted by atomic mass is 9.95. The van der Waals surface area contributed by atoms with Gasteiger partial charge in [-0.15, -0.1) is 0 Å². The highest BCUT2D eigenvalue weighted by molar-refractivity contribution is 5.89. The number of amides is 2. The standard InChI is InChI=1S/C24H37N3O5/c1-17(2)32-15-5-12-25-23(29)20-10-13-27(14-11-20)18(3)22(28)26-16-19-6-8-21(9-7-19)24(30)31-4/h6-9,17-18,20H,5,10-16H2,1-4H3,(H,25,29)(H,26,28). The molecule has 0 saturated carbocycles. The molecule has 8 heteroatoms. The summed E-state index contributed by atoms with van der Waals surface area (Å²) in [7, 11) is 1.34. The van der Waals surface area contributed by atoms with Crippen LogP contribution in [0.15, 0.2) is 24.3 Å². The van der Waals surface area contributed by atoms with Gasteiger partial charge in [0.1, 0.15) is 0 Å². The Balaban J connectivity index is 1.68. The van der Waals surface area contributed by atoms with Crippen molar-refractivity contribution in [3.8, 4) is 0 Å². The molecule has 1 aliphatic rings. The fourth-order valence-electron chi connectivity index (χ4n) is 3.68. The molecule has 1 aromatic rings. The van der Waals surface area contributed by atoms with Gasteiger partial charge in [-0.1, -0.05) is 12.1 Å². The van der Waals surface area contributed by atoms with Crippen molar-refractivity contribution in [3.05, 3.63) is 35.4 Å². The van der Waals surface area contributed by atoms with Gasteiger partial charge in [-0.2, -0.15) is 0 Å². The van der Waals surface area contributed by atoms with E-state index in [1.54, 1.807) is 24.3 Å². The predicted molar refractivity (Wildman–Crippen MR) is 122 cm³/mol. The number of benzene rings is 1. The molecule has 1 heterocycles. The van der Waals surface area contributed by atoms with Crippen molar-refractivity contribution in [2.45, 2.75) is 58.7 Å². The van der Waals surface area contributed by atoms with Gasteiger partial charge in [0.25, 0.3) is 0 Å². The zero-order valence-electron chi connectivity index (χ0n) is 19.7. The van der Waals surface area contributed by atoms with Gasteiger partial charge in [-0.3, -0.25) is 14.5 Å². The maximum atomic E-state index is 12.6. The highest BCUT2D eigenvalue weighted by Gasteiger charge is 2.29. The quantitative estimate of drug-likeness (QED) is 0.398. The van der Waals surface area contributed by atoms with E-state index in [1.165, 1.54) is 7.11 Å². The minimum Gasteiger partial charge on any atom is -0.465 e. The fraction of sp³-hybridized carbons (Fsp3) is 0.625. The van der Waals surface area contributed by atoms with E-state index in [4.69, 9.17) is 4.74 Å². The first-order chi connectivity index (χ1) is 15.3. The number of hydrogen-bond donors (Lipinski definition) is 2. The maximum Gasteiger partial charge on any atom is 0.337 e. The molecule has 2 amide bonds. The van der Waals surface area contributed by atoms with Gasteiger partial charge in [-0.05, 0) is 70.8 Å². The Bertz CT molecular complexity index is 743. The van der Waals surface area contributed by atoms with Crippen molar-refractivity contribution in [1.82, 2.24) is 15.5 Å². The molecule has 1 unspecified atom stereocenters. The van der Waals surface area contributed by atoms with E-state index in [0.717, 1.165) is 37.9 Å². The van der Waals surface area contributed by atoms with E-state index in [1.807, 2.05) is 20.8 Å². The molecule has 32 heavy (non-hydrogen) atoms. The topological polar surface area (TPSA) is 97.0 Å². The zero-order chi connectivity index (χ0) is 23.5. The Morgan fingerprint density at radius 1 is 1.06 bits per heavy atom. The summed E-state index contributed by atoms with van der Waals surface area (Å²) in [5, 5.41) is 5.95. The molecule has 178 valence electrons. The van der Waals surface area contributed by atoms with E-state index in [9.17, 15) is 14.4 Å². The summed E-state index contributed by atoms with van der Waals surface area (Å²) in [5.74, 6) is -0.330. The summed E-state index contributed by atoms with van der Waals surface area (Å²) in [6.45, 7) is 9.00. The average molecular weight is 448 g/mol. The van der Waals surface area contributed by atoms with Crippen molar-refractivity contribution in [1.29, 1.82) is 0 Å².